The van der Waals surface area contributed by atoms with Gasteiger partial charge in [0.25, 0.3) is 5.91 Å². The van der Waals surface area contributed by atoms with Crippen LogP contribution >= 0.6 is 0 Å². The van der Waals surface area contributed by atoms with Crippen molar-refractivity contribution >= 4 is 22.6 Å². The molecule has 1 aliphatic rings. The Balaban J connectivity index is 1.52. The molecule has 1 N–H and O–H groups in total. The number of hydrogen-bond donors (Lipinski definition) is 1. The van der Waals surface area contributed by atoms with Gasteiger partial charge < -0.3 is 10.1 Å². The van der Waals surface area contributed by atoms with E-state index in [1.54, 1.807) is 0 Å². The average molecular weight is 339 g/mol. The minimum Gasteiger partial charge on any atom is -0.456 e. The molecule has 1 atom stereocenters. The first-order valence-electron chi connectivity index (χ1n) is 9.06. The van der Waals surface area contributed by atoms with Crippen LogP contribution in [-0.4, -0.2) is 18.5 Å². The first-order chi connectivity index (χ1) is 12.1. The van der Waals surface area contributed by atoms with Crippen LogP contribution in [0.5, 0.6) is 0 Å². The molecule has 1 aliphatic carbocycles. The maximum atomic E-state index is 12.1. The second-order valence-corrected chi connectivity index (χ2v) is 6.87. The summed E-state index contributed by atoms with van der Waals surface area (Å²) in [6.45, 7) is 1.74. The summed E-state index contributed by atoms with van der Waals surface area (Å²) in [6.07, 6.45) is 5.02. The molecule has 4 heteroatoms. The SMILES string of the molecule is C[C@@H](NC(=O)COC(=O)CC1CCCC1)c1cccc2ccccc12. The molecule has 1 fully saturated rings. The molecular formula is C21H25NO3. The van der Waals surface area contributed by atoms with Gasteiger partial charge >= 0.3 is 5.97 Å². The van der Waals surface area contributed by atoms with E-state index in [-0.39, 0.29) is 24.5 Å². The highest BCUT2D eigenvalue weighted by molar-refractivity contribution is 5.87. The van der Waals surface area contributed by atoms with Gasteiger partial charge in [0.1, 0.15) is 0 Å². The van der Waals surface area contributed by atoms with Gasteiger partial charge in [-0.3, -0.25) is 9.59 Å². The highest BCUT2D eigenvalue weighted by Gasteiger charge is 2.20. The van der Waals surface area contributed by atoms with Crippen molar-refractivity contribution in [2.45, 2.75) is 45.1 Å². The van der Waals surface area contributed by atoms with Gasteiger partial charge in [-0.25, -0.2) is 0 Å². The fraction of sp³-hybridized carbons (Fsp3) is 0.429. The van der Waals surface area contributed by atoms with E-state index in [0.717, 1.165) is 29.2 Å². The molecule has 1 amide bonds. The molecule has 0 aromatic heterocycles. The zero-order valence-corrected chi connectivity index (χ0v) is 14.7. The van der Waals surface area contributed by atoms with Gasteiger partial charge in [-0.1, -0.05) is 55.3 Å². The van der Waals surface area contributed by atoms with Crippen molar-refractivity contribution < 1.29 is 14.3 Å². The van der Waals surface area contributed by atoms with E-state index >= 15 is 0 Å². The molecule has 4 nitrogen and oxygen atoms in total. The van der Waals surface area contributed by atoms with Crippen LogP contribution in [0.2, 0.25) is 0 Å². The number of benzene rings is 2. The second-order valence-electron chi connectivity index (χ2n) is 6.87. The highest BCUT2D eigenvalue weighted by Crippen LogP contribution is 2.27. The number of carbonyl (C=O) groups is 2. The van der Waals surface area contributed by atoms with E-state index in [1.807, 2.05) is 31.2 Å². The van der Waals surface area contributed by atoms with Crippen molar-refractivity contribution in [2.24, 2.45) is 5.92 Å². The summed E-state index contributed by atoms with van der Waals surface area (Å²) in [4.78, 5) is 23.9. The summed E-state index contributed by atoms with van der Waals surface area (Å²) < 4.78 is 5.14. The van der Waals surface area contributed by atoms with Gasteiger partial charge in [-0.05, 0) is 42.0 Å². The number of fused-ring (bicyclic) bond motifs is 1. The lowest BCUT2D eigenvalue weighted by atomic mass is 10.00. The minimum absolute atomic E-state index is 0.146. The van der Waals surface area contributed by atoms with Crippen molar-refractivity contribution in [1.29, 1.82) is 0 Å². The van der Waals surface area contributed by atoms with Crippen molar-refractivity contribution in [3.63, 3.8) is 0 Å². The van der Waals surface area contributed by atoms with Crippen LogP contribution in [0.1, 0.15) is 50.6 Å². The summed E-state index contributed by atoms with van der Waals surface area (Å²) in [5.41, 5.74) is 1.06. The number of ether oxygens (including phenoxy) is 1. The number of carbonyl (C=O) groups excluding carboxylic acids is 2. The molecule has 1 saturated carbocycles. The molecule has 0 spiro atoms. The van der Waals surface area contributed by atoms with E-state index < -0.39 is 0 Å². The summed E-state index contributed by atoms with van der Waals surface area (Å²) in [5.74, 6) is -0.0924. The Bertz CT molecular complexity index is 744. The molecule has 0 saturated heterocycles. The van der Waals surface area contributed by atoms with Gasteiger partial charge in [-0.15, -0.1) is 0 Å². The second kappa shape index (κ2) is 8.15. The van der Waals surface area contributed by atoms with Crippen LogP contribution in [0.15, 0.2) is 42.5 Å². The van der Waals surface area contributed by atoms with Crippen molar-refractivity contribution in [2.75, 3.05) is 6.61 Å². The van der Waals surface area contributed by atoms with E-state index in [9.17, 15) is 9.59 Å². The third-order valence-electron chi connectivity index (χ3n) is 4.96. The van der Waals surface area contributed by atoms with Gasteiger partial charge in [0.05, 0.1) is 6.04 Å². The predicted molar refractivity (Wildman–Crippen MR) is 98.0 cm³/mol. The lowest BCUT2D eigenvalue weighted by Gasteiger charge is -2.17. The monoisotopic (exact) mass is 339 g/mol. The van der Waals surface area contributed by atoms with Crippen LogP contribution in [0, 0.1) is 5.92 Å². The van der Waals surface area contributed by atoms with Crippen LogP contribution in [0.25, 0.3) is 10.8 Å². The third kappa shape index (κ3) is 4.59. The van der Waals surface area contributed by atoms with Crippen molar-refractivity contribution in [3.8, 4) is 0 Å². The minimum atomic E-state index is -0.264. The molecule has 0 heterocycles. The van der Waals surface area contributed by atoms with Crippen molar-refractivity contribution in [3.05, 3.63) is 48.0 Å². The van der Waals surface area contributed by atoms with Crippen LogP contribution in [0.3, 0.4) is 0 Å². The molecule has 25 heavy (non-hydrogen) atoms. The standard InChI is InChI=1S/C21H25NO3/c1-15(18-12-6-10-17-9-4-5-11-19(17)18)22-20(23)14-25-21(24)13-16-7-2-3-8-16/h4-6,9-12,15-16H,2-3,7-8,13-14H2,1H3,(H,22,23)/t15-/m1/s1. The zero-order chi connectivity index (χ0) is 17.6. The number of amides is 1. The fourth-order valence-corrected chi connectivity index (χ4v) is 3.64. The van der Waals surface area contributed by atoms with Gasteiger partial charge in [0.15, 0.2) is 6.61 Å². The number of hydrogen-bond acceptors (Lipinski definition) is 3. The van der Waals surface area contributed by atoms with Crippen LogP contribution in [0.4, 0.5) is 0 Å². The molecule has 0 bridgehead atoms. The fourth-order valence-electron chi connectivity index (χ4n) is 3.64. The first kappa shape index (κ1) is 17.5. The third-order valence-corrected chi connectivity index (χ3v) is 4.96. The number of esters is 1. The Kier molecular flexibility index (Phi) is 5.69. The molecule has 2 aromatic carbocycles. The molecule has 2 aromatic rings. The van der Waals surface area contributed by atoms with Crippen LogP contribution < -0.4 is 5.32 Å². The maximum Gasteiger partial charge on any atom is 0.306 e. The summed E-state index contributed by atoms with van der Waals surface area (Å²) in [6, 6.07) is 14.0. The molecule has 0 radical (unpaired) electrons. The van der Waals surface area contributed by atoms with Gasteiger partial charge in [0, 0.05) is 6.42 Å². The quantitative estimate of drug-likeness (QED) is 0.805. The molecule has 3 rings (SSSR count). The predicted octanol–water partition coefficient (Wildman–Crippen LogP) is 4.14. The van der Waals surface area contributed by atoms with Gasteiger partial charge in [-0.2, -0.15) is 0 Å². The Labute approximate surface area is 148 Å². The Morgan fingerprint density at radius 1 is 1.12 bits per heavy atom. The van der Waals surface area contributed by atoms with E-state index in [1.165, 1.54) is 12.8 Å². The summed E-state index contributed by atoms with van der Waals surface area (Å²) in [7, 11) is 0. The Morgan fingerprint density at radius 3 is 2.64 bits per heavy atom. The Hall–Kier alpha value is -2.36. The van der Waals surface area contributed by atoms with E-state index in [4.69, 9.17) is 4.74 Å². The van der Waals surface area contributed by atoms with Crippen LogP contribution in [-0.2, 0) is 14.3 Å². The molecular weight excluding hydrogens is 314 g/mol. The Morgan fingerprint density at radius 2 is 1.84 bits per heavy atom. The topological polar surface area (TPSA) is 55.4 Å². The smallest absolute Gasteiger partial charge is 0.306 e. The highest BCUT2D eigenvalue weighted by atomic mass is 16.5. The number of rotatable bonds is 6. The summed E-state index contributed by atoms with van der Waals surface area (Å²) >= 11 is 0. The summed E-state index contributed by atoms with van der Waals surface area (Å²) in [5, 5.41) is 5.19. The average Bonchev–Trinajstić information content (AvgIpc) is 3.12. The lowest BCUT2D eigenvalue weighted by Crippen LogP contribution is -2.31. The molecule has 132 valence electrons. The maximum absolute atomic E-state index is 12.1. The molecule has 0 aliphatic heterocycles. The van der Waals surface area contributed by atoms with E-state index in [2.05, 4.69) is 23.5 Å². The van der Waals surface area contributed by atoms with E-state index in [0.29, 0.717) is 12.3 Å². The van der Waals surface area contributed by atoms with Gasteiger partial charge in [0.2, 0.25) is 0 Å². The lowest BCUT2D eigenvalue weighted by molar-refractivity contribution is -0.149. The largest absolute Gasteiger partial charge is 0.456 e. The number of nitrogens with one attached hydrogen (secondary N) is 1. The first-order valence-corrected chi connectivity index (χ1v) is 9.06. The molecule has 0 unspecified atom stereocenters. The zero-order valence-electron chi connectivity index (χ0n) is 14.7. The van der Waals surface area contributed by atoms with Crippen molar-refractivity contribution in [1.82, 2.24) is 5.32 Å². The normalized spacial score (nSPS) is 15.9.